The molecule has 9 heteroatoms. The van der Waals surface area contributed by atoms with E-state index in [0.29, 0.717) is 18.5 Å². The predicted molar refractivity (Wildman–Crippen MR) is 109 cm³/mol. The van der Waals surface area contributed by atoms with Crippen LogP contribution < -0.4 is 15.4 Å². The summed E-state index contributed by atoms with van der Waals surface area (Å²) in [5.74, 6) is 1.68. The van der Waals surface area contributed by atoms with Gasteiger partial charge >= 0.3 is 0 Å². The van der Waals surface area contributed by atoms with Gasteiger partial charge in [0.15, 0.2) is 6.29 Å². The average molecular weight is 397 g/mol. The van der Waals surface area contributed by atoms with Crippen molar-refractivity contribution in [3.8, 4) is 5.88 Å². The smallest absolute Gasteiger partial charge is 0.256 e. The van der Waals surface area contributed by atoms with Crippen molar-refractivity contribution < 1.29 is 9.47 Å². The van der Waals surface area contributed by atoms with Crippen LogP contribution in [0.3, 0.4) is 0 Å². The predicted octanol–water partition coefficient (Wildman–Crippen LogP) is 2.60. The molecule has 1 spiro atoms. The van der Waals surface area contributed by atoms with Crippen LogP contribution in [0.5, 0.6) is 5.88 Å². The number of ether oxygens (including phenoxy) is 2. The summed E-state index contributed by atoms with van der Waals surface area (Å²) >= 11 is 0. The molecule has 2 atom stereocenters. The maximum Gasteiger partial charge on any atom is 0.256 e. The fourth-order valence-electron chi connectivity index (χ4n) is 4.79. The number of nitrogens with one attached hydrogen (secondary N) is 2. The number of anilines is 2. The lowest BCUT2D eigenvalue weighted by Gasteiger charge is -2.30. The van der Waals surface area contributed by atoms with Crippen LogP contribution in [0, 0.1) is 13.8 Å². The van der Waals surface area contributed by atoms with Gasteiger partial charge in [-0.2, -0.15) is 5.10 Å². The van der Waals surface area contributed by atoms with E-state index in [-0.39, 0.29) is 11.9 Å². The van der Waals surface area contributed by atoms with Crippen molar-refractivity contribution in [1.29, 1.82) is 0 Å². The Morgan fingerprint density at radius 2 is 2.07 bits per heavy atom. The van der Waals surface area contributed by atoms with Gasteiger partial charge in [0.1, 0.15) is 11.5 Å². The second-order valence-electron chi connectivity index (χ2n) is 8.63. The number of aromatic nitrogens is 4. The number of aryl methyl sites for hydroxylation is 2. The molecule has 1 unspecified atom stereocenters. The molecule has 0 radical (unpaired) electrons. The SMILES string of the molecule is Cc1nn2c3c1C=NC(Nc1c(nn([C@H]4CCOC5(CC5)C4)c1C)OCCC2)N3. The molecule has 5 heterocycles. The molecule has 4 aliphatic rings. The molecular weight excluding hydrogens is 370 g/mol. The third-order valence-corrected chi connectivity index (χ3v) is 6.57. The highest BCUT2D eigenvalue weighted by Gasteiger charge is 2.48. The number of rotatable bonds is 1. The van der Waals surface area contributed by atoms with Gasteiger partial charge in [-0.25, -0.2) is 9.67 Å². The normalized spacial score (nSPS) is 26.7. The molecule has 1 aliphatic carbocycles. The van der Waals surface area contributed by atoms with Crippen LogP contribution in [0.2, 0.25) is 0 Å². The molecule has 1 saturated carbocycles. The van der Waals surface area contributed by atoms with E-state index in [2.05, 4.69) is 32.3 Å². The van der Waals surface area contributed by atoms with Crippen LogP contribution in [0.25, 0.3) is 0 Å². The van der Waals surface area contributed by atoms with E-state index in [4.69, 9.17) is 14.6 Å². The zero-order valence-corrected chi connectivity index (χ0v) is 16.9. The lowest BCUT2D eigenvalue weighted by molar-refractivity contribution is -0.0274. The van der Waals surface area contributed by atoms with Crippen LogP contribution in [-0.4, -0.2) is 50.9 Å². The number of fused-ring (bicyclic) bond motifs is 2. The molecule has 29 heavy (non-hydrogen) atoms. The Balaban J connectivity index is 1.34. The lowest BCUT2D eigenvalue weighted by atomic mass is 10.0. The lowest BCUT2D eigenvalue weighted by Crippen LogP contribution is -2.31. The topological polar surface area (TPSA) is 90.5 Å². The molecule has 6 rings (SSSR count). The Bertz CT molecular complexity index is 988. The van der Waals surface area contributed by atoms with Gasteiger partial charge < -0.3 is 20.1 Å². The molecule has 3 aliphatic heterocycles. The van der Waals surface area contributed by atoms with Crippen LogP contribution in [-0.2, 0) is 11.3 Å². The molecule has 9 nitrogen and oxygen atoms in total. The van der Waals surface area contributed by atoms with Crippen molar-refractivity contribution in [2.75, 3.05) is 23.8 Å². The maximum absolute atomic E-state index is 6.12. The summed E-state index contributed by atoms with van der Waals surface area (Å²) in [6.45, 7) is 6.34. The average Bonchev–Trinajstić information content (AvgIpc) is 3.29. The molecule has 2 aromatic heterocycles. The quantitative estimate of drug-likeness (QED) is 0.769. The Kier molecular flexibility index (Phi) is 3.72. The Morgan fingerprint density at radius 1 is 1.17 bits per heavy atom. The van der Waals surface area contributed by atoms with E-state index in [1.807, 2.05) is 17.8 Å². The summed E-state index contributed by atoms with van der Waals surface area (Å²) in [4.78, 5) is 4.65. The van der Waals surface area contributed by atoms with Crippen LogP contribution in [0.15, 0.2) is 4.99 Å². The molecule has 2 aromatic rings. The first-order valence-corrected chi connectivity index (χ1v) is 10.6. The summed E-state index contributed by atoms with van der Waals surface area (Å²) in [6.07, 6.45) is 6.88. The summed E-state index contributed by atoms with van der Waals surface area (Å²) in [5.41, 5.74) is 4.18. The van der Waals surface area contributed by atoms with Crippen molar-refractivity contribution in [2.45, 2.75) is 70.4 Å². The van der Waals surface area contributed by atoms with Crippen LogP contribution in [0.1, 0.15) is 55.1 Å². The van der Waals surface area contributed by atoms with Crippen LogP contribution >= 0.6 is 0 Å². The van der Waals surface area contributed by atoms with Gasteiger partial charge in [0.05, 0.1) is 35.2 Å². The van der Waals surface area contributed by atoms with E-state index >= 15 is 0 Å². The van der Waals surface area contributed by atoms with E-state index in [0.717, 1.165) is 60.9 Å². The summed E-state index contributed by atoms with van der Waals surface area (Å²) < 4.78 is 16.3. The summed E-state index contributed by atoms with van der Waals surface area (Å²) in [6, 6.07) is 0.357. The van der Waals surface area contributed by atoms with E-state index in [1.165, 1.54) is 12.8 Å². The zero-order valence-electron chi connectivity index (χ0n) is 16.9. The highest BCUT2D eigenvalue weighted by atomic mass is 16.5. The monoisotopic (exact) mass is 397 g/mol. The minimum absolute atomic E-state index is 0.110. The molecular formula is C20H27N7O2. The van der Waals surface area contributed by atoms with E-state index in [9.17, 15) is 0 Å². The molecule has 2 bridgehead atoms. The first-order valence-electron chi connectivity index (χ1n) is 10.6. The largest absolute Gasteiger partial charge is 0.475 e. The van der Waals surface area contributed by atoms with Gasteiger partial charge in [0, 0.05) is 25.8 Å². The van der Waals surface area contributed by atoms with Gasteiger partial charge in [0.2, 0.25) is 0 Å². The fourth-order valence-corrected chi connectivity index (χ4v) is 4.79. The highest BCUT2D eigenvalue weighted by molar-refractivity contribution is 5.90. The van der Waals surface area contributed by atoms with Gasteiger partial charge in [-0.3, -0.25) is 4.68 Å². The number of hydrogen-bond donors (Lipinski definition) is 2. The van der Waals surface area contributed by atoms with Crippen molar-refractivity contribution in [1.82, 2.24) is 19.6 Å². The molecule has 0 amide bonds. The highest BCUT2D eigenvalue weighted by Crippen LogP contribution is 2.50. The van der Waals surface area contributed by atoms with Gasteiger partial charge in [-0.15, -0.1) is 5.10 Å². The molecule has 0 aromatic carbocycles. The second kappa shape index (κ2) is 6.22. The van der Waals surface area contributed by atoms with Crippen molar-refractivity contribution in [2.24, 2.45) is 4.99 Å². The first kappa shape index (κ1) is 17.3. The van der Waals surface area contributed by atoms with Gasteiger partial charge in [-0.05, 0) is 39.5 Å². The minimum Gasteiger partial charge on any atom is -0.475 e. The zero-order chi connectivity index (χ0) is 19.6. The van der Waals surface area contributed by atoms with Crippen LogP contribution in [0.4, 0.5) is 11.5 Å². The fraction of sp³-hybridized carbons (Fsp3) is 0.650. The standard InChI is InChI=1S/C20H27N7O2/c1-12-15-11-21-19-22-16-13(2)27(14-4-9-29-20(10-14)5-6-20)25-18(16)28-8-3-7-26(24-12)17(15)23-19/h11,14,19,22-23H,3-10H2,1-2H3/t14-,19?/m0/s1. The molecule has 1 saturated heterocycles. The Morgan fingerprint density at radius 3 is 2.93 bits per heavy atom. The number of hydrogen-bond acceptors (Lipinski definition) is 7. The molecule has 154 valence electrons. The Hall–Kier alpha value is -2.55. The van der Waals surface area contributed by atoms with Crippen molar-refractivity contribution >= 4 is 17.7 Å². The second-order valence-corrected chi connectivity index (χ2v) is 8.63. The van der Waals surface area contributed by atoms with Gasteiger partial charge in [-0.1, -0.05) is 0 Å². The van der Waals surface area contributed by atoms with Crippen molar-refractivity contribution in [3.05, 3.63) is 17.0 Å². The Labute approximate surface area is 169 Å². The maximum atomic E-state index is 6.12. The molecule has 2 N–H and O–H groups in total. The number of aliphatic imine (C=N–C) groups is 1. The molecule has 2 fully saturated rings. The third kappa shape index (κ3) is 2.82. The minimum atomic E-state index is -0.279. The van der Waals surface area contributed by atoms with Crippen molar-refractivity contribution in [3.63, 3.8) is 0 Å². The number of nitrogens with zero attached hydrogens (tertiary/aromatic N) is 5. The third-order valence-electron chi connectivity index (χ3n) is 6.57. The summed E-state index contributed by atoms with van der Waals surface area (Å²) in [7, 11) is 0. The van der Waals surface area contributed by atoms with E-state index < -0.39 is 0 Å². The first-order chi connectivity index (χ1) is 14.1. The van der Waals surface area contributed by atoms with E-state index in [1.54, 1.807) is 0 Å². The van der Waals surface area contributed by atoms with Gasteiger partial charge in [0.25, 0.3) is 5.88 Å². The summed E-state index contributed by atoms with van der Waals surface area (Å²) in [5, 5.41) is 16.5.